The Morgan fingerprint density at radius 1 is 0.778 bits per heavy atom. The topological polar surface area (TPSA) is 12.0 Å². The summed E-state index contributed by atoms with van der Waals surface area (Å²) < 4.78 is 38.5. The molecule has 2 rings (SSSR count). The van der Waals surface area contributed by atoms with Crippen LogP contribution in [-0.4, -0.2) is 0 Å². The van der Waals surface area contributed by atoms with Gasteiger partial charge in [-0.2, -0.15) is 0 Å². The van der Waals surface area contributed by atoms with Crippen LogP contribution in [0.3, 0.4) is 0 Å². The monoisotopic (exact) mass is 251 g/mol. The fourth-order valence-electron chi connectivity index (χ4n) is 1.65. The third-order valence-electron chi connectivity index (χ3n) is 2.53. The second kappa shape index (κ2) is 5.69. The van der Waals surface area contributed by atoms with Gasteiger partial charge in [0.2, 0.25) is 0 Å². The Hall–Kier alpha value is -1.81. The summed E-state index contributed by atoms with van der Waals surface area (Å²) in [7, 11) is 0. The molecule has 0 radical (unpaired) electrons. The van der Waals surface area contributed by atoms with Gasteiger partial charge in [0.05, 0.1) is 0 Å². The van der Waals surface area contributed by atoms with Crippen LogP contribution in [0.1, 0.15) is 11.1 Å². The van der Waals surface area contributed by atoms with E-state index in [4.69, 9.17) is 0 Å². The van der Waals surface area contributed by atoms with E-state index in [-0.39, 0.29) is 5.82 Å². The minimum absolute atomic E-state index is 0.290. The fourth-order valence-corrected chi connectivity index (χ4v) is 1.65. The Labute approximate surface area is 103 Å². The van der Waals surface area contributed by atoms with Crippen LogP contribution in [0.5, 0.6) is 0 Å². The minimum Gasteiger partial charge on any atom is -0.309 e. The molecule has 0 aliphatic rings. The molecule has 0 heterocycles. The zero-order chi connectivity index (χ0) is 13.0. The summed E-state index contributed by atoms with van der Waals surface area (Å²) in [6.07, 6.45) is 0. The van der Waals surface area contributed by atoms with E-state index in [1.54, 1.807) is 12.1 Å². The molecular formula is C14H12F3N. The molecule has 0 aliphatic heterocycles. The van der Waals surface area contributed by atoms with Crippen LogP contribution < -0.4 is 5.32 Å². The van der Waals surface area contributed by atoms with Gasteiger partial charge < -0.3 is 5.32 Å². The van der Waals surface area contributed by atoms with Crippen LogP contribution in [-0.2, 0) is 13.1 Å². The van der Waals surface area contributed by atoms with E-state index in [1.165, 1.54) is 18.2 Å². The van der Waals surface area contributed by atoms with E-state index in [2.05, 4.69) is 5.32 Å². The summed E-state index contributed by atoms with van der Waals surface area (Å²) >= 11 is 0. The first-order chi connectivity index (χ1) is 8.65. The molecule has 0 bridgehead atoms. The lowest BCUT2D eigenvalue weighted by molar-refractivity contribution is 0.506. The largest absolute Gasteiger partial charge is 0.309 e. The molecule has 0 aliphatic carbocycles. The highest BCUT2D eigenvalue weighted by molar-refractivity contribution is 5.19. The van der Waals surface area contributed by atoms with Crippen molar-refractivity contribution in [1.29, 1.82) is 0 Å². The Morgan fingerprint density at radius 3 is 2.17 bits per heavy atom. The number of hydrogen-bond donors (Lipinski definition) is 1. The Kier molecular flexibility index (Phi) is 3.99. The summed E-state index contributed by atoms with van der Waals surface area (Å²) in [6.45, 7) is 0.866. The van der Waals surface area contributed by atoms with Crippen molar-refractivity contribution in [3.05, 3.63) is 71.0 Å². The van der Waals surface area contributed by atoms with Crippen molar-refractivity contribution < 1.29 is 13.2 Å². The van der Waals surface area contributed by atoms with Crippen LogP contribution in [0.15, 0.2) is 42.5 Å². The second-order valence-corrected chi connectivity index (χ2v) is 3.98. The van der Waals surface area contributed by atoms with E-state index in [0.29, 0.717) is 18.7 Å². The lowest BCUT2D eigenvalue weighted by Crippen LogP contribution is -2.13. The maximum atomic E-state index is 12.9. The Bertz CT molecular complexity index is 540. The first kappa shape index (κ1) is 12.6. The molecule has 1 nitrogen and oxygen atoms in total. The van der Waals surface area contributed by atoms with Crippen LogP contribution in [0.2, 0.25) is 0 Å². The highest BCUT2D eigenvalue weighted by atomic mass is 19.2. The van der Waals surface area contributed by atoms with Gasteiger partial charge in [-0.3, -0.25) is 0 Å². The highest BCUT2D eigenvalue weighted by Crippen LogP contribution is 2.09. The van der Waals surface area contributed by atoms with E-state index in [9.17, 15) is 13.2 Å². The maximum absolute atomic E-state index is 12.9. The zero-order valence-corrected chi connectivity index (χ0v) is 9.59. The molecule has 0 spiro atoms. The predicted octanol–water partition coefficient (Wildman–Crippen LogP) is 3.39. The standard InChI is InChI=1S/C14H12F3N/c15-12-3-1-2-10(6-12)8-18-9-11-4-5-13(16)14(17)7-11/h1-7,18H,8-9H2. The van der Waals surface area contributed by atoms with Crippen molar-refractivity contribution in [2.75, 3.05) is 0 Å². The van der Waals surface area contributed by atoms with Crippen LogP contribution >= 0.6 is 0 Å². The molecule has 2 aromatic carbocycles. The number of halogens is 3. The summed E-state index contributed by atoms with van der Waals surface area (Å²) in [6, 6.07) is 9.97. The number of benzene rings is 2. The third-order valence-corrected chi connectivity index (χ3v) is 2.53. The summed E-state index contributed by atoms with van der Waals surface area (Å²) in [5, 5.41) is 3.04. The lowest BCUT2D eigenvalue weighted by atomic mass is 10.2. The maximum Gasteiger partial charge on any atom is 0.159 e. The second-order valence-electron chi connectivity index (χ2n) is 3.98. The highest BCUT2D eigenvalue weighted by Gasteiger charge is 2.02. The number of nitrogens with one attached hydrogen (secondary N) is 1. The quantitative estimate of drug-likeness (QED) is 0.878. The first-order valence-electron chi connectivity index (χ1n) is 5.54. The third kappa shape index (κ3) is 3.34. The normalized spacial score (nSPS) is 10.6. The van der Waals surface area contributed by atoms with Crippen LogP contribution in [0.25, 0.3) is 0 Å². The molecule has 18 heavy (non-hydrogen) atoms. The summed E-state index contributed by atoms with van der Waals surface area (Å²) in [5.41, 5.74) is 1.45. The number of rotatable bonds is 4. The molecule has 0 saturated carbocycles. The van der Waals surface area contributed by atoms with Crippen molar-refractivity contribution in [3.8, 4) is 0 Å². The van der Waals surface area contributed by atoms with E-state index >= 15 is 0 Å². The summed E-state index contributed by atoms with van der Waals surface area (Å²) in [4.78, 5) is 0. The number of hydrogen-bond acceptors (Lipinski definition) is 1. The average Bonchev–Trinajstić information content (AvgIpc) is 2.34. The minimum atomic E-state index is -0.861. The van der Waals surface area contributed by atoms with Gasteiger partial charge in [0.1, 0.15) is 5.82 Å². The lowest BCUT2D eigenvalue weighted by Gasteiger charge is -2.05. The van der Waals surface area contributed by atoms with Gasteiger partial charge >= 0.3 is 0 Å². The molecule has 0 unspecified atom stereocenters. The smallest absolute Gasteiger partial charge is 0.159 e. The van der Waals surface area contributed by atoms with Crippen molar-refractivity contribution in [2.45, 2.75) is 13.1 Å². The predicted molar refractivity (Wildman–Crippen MR) is 63.3 cm³/mol. The van der Waals surface area contributed by atoms with Gasteiger partial charge in [-0.1, -0.05) is 18.2 Å². The van der Waals surface area contributed by atoms with E-state index in [1.807, 2.05) is 0 Å². The van der Waals surface area contributed by atoms with Gasteiger partial charge in [0, 0.05) is 13.1 Å². The summed E-state index contributed by atoms with van der Waals surface area (Å²) in [5.74, 6) is -2.01. The SMILES string of the molecule is Fc1cccc(CNCc2ccc(F)c(F)c2)c1. The van der Waals surface area contributed by atoms with Gasteiger partial charge in [0.15, 0.2) is 11.6 Å². The van der Waals surface area contributed by atoms with E-state index in [0.717, 1.165) is 17.7 Å². The molecule has 2 aromatic rings. The molecule has 0 saturated heterocycles. The van der Waals surface area contributed by atoms with Gasteiger partial charge in [-0.25, -0.2) is 13.2 Å². The van der Waals surface area contributed by atoms with Gasteiger partial charge in [-0.05, 0) is 35.4 Å². The molecule has 0 amide bonds. The van der Waals surface area contributed by atoms with Crippen molar-refractivity contribution >= 4 is 0 Å². The van der Waals surface area contributed by atoms with E-state index < -0.39 is 11.6 Å². The van der Waals surface area contributed by atoms with Gasteiger partial charge in [0.25, 0.3) is 0 Å². The molecule has 4 heteroatoms. The molecule has 1 N–H and O–H groups in total. The van der Waals surface area contributed by atoms with Gasteiger partial charge in [-0.15, -0.1) is 0 Å². The molecule has 0 atom stereocenters. The fraction of sp³-hybridized carbons (Fsp3) is 0.143. The van der Waals surface area contributed by atoms with Crippen molar-refractivity contribution in [3.63, 3.8) is 0 Å². The molecular weight excluding hydrogens is 239 g/mol. The molecule has 0 aromatic heterocycles. The van der Waals surface area contributed by atoms with Crippen LogP contribution in [0, 0.1) is 17.5 Å². The Balaban J connectivity index is 1.90. The Morgan fingerprint density at radius 2 is 1.50 bits per heavy atom. The average molecular weight is 251 g/mol. The zero-order valence-electron chi connectivity index (χ0n) is 9.59. The van der Waals surface area contributed by atoms with Crippen molar-refractivity contribution in [2.24, 2.45) is 0 Å². The molecule has 94 valence electrons. The van der Waals surface area contributed by atoms with Crippen LogP contribution in [0.4, 0.5) is 13.2 Å². The first-order valence-corrected chi connectivity index (χ1v) is 5.54. The van der Waals surface area contributed by atoms with Crippen molar-refractivity contribution in [1.82, 2.24) is 5.32 Å². The molecule has 0 fully saturated rings.